The van der Waals surface area contributed by atoms with Gasteiger partial charge in [0, 0.05) is 6.04 Å². The van der Waals surface area contributed by atoms with Gasteiger partial charge in [0.2, 0.25) is 0 Å². The second kappa shape index (κ2) is 6.53. The van der Waals surface area contributed by atoms with Crippen LogP contribution in [-0.4, -0.2) is 6.04 Å². The van der Waals surface area contributed by atoms with Gasteiger partial charge in [-0.3, -0.25) is 0 Å². The zero-order valence-electron chi connectivity index (χ0n) is 11.9. The van der Waals surface area contributed by atoms with Crippen molar-refractivity contribution in [1.82, 2.24) is 0 Å². The Hall–Kier alpha value is -1.87. The molecular weight excluding hydrogens is 253 g/mol. The molecule has 2 aromatic rings. The van der Waals surface area contributed by atoms with Crippen LogP contribution >= 0.6 is 0 Å². The third-order valence-electron chi connectivity index (χ3n) is 3.16. The number of ether oxygens (including phenoxy) is 1. The lowest BCUT2D eigenvalue weighted by Crippen LogP contribution is -2.17. The summed E-state index contributed by atoms with van der Waals surface area (Å²) in [4.78, 5) is 0. The van der Waals surface area contributed by atoms with Gasteiger partial charge in [0.1, 0.15) is 18.2 Å². The predicted octanol–water partition coefficient (Wildman–Crippen LogP) is 3.60. The van der Waals surface area contributed by atoms with E-state index in [9.17, 15) is 4.39 Å². The van der Waals surface area contributed by atoms with Crippen LogP contribution < -0.4 is 10.5 Å². The topological polar surface area (TPSA) is 35.2 Å². The maximum Gasteiger partial charge on any atom is 0.123 e. The molecule has 0 spiro atoms. The lowest BCUT2D eigenvalue weighted by Gasteiger charge is -2.11. The fourth-order valence-corrected chi connectivity index (χ4v) is 2.12. The first-order valence-electron chi connectivity index (χ1n) is 6.77. The van der Waals surface area contributed by atoms with E-state index < -0.39 is 0 Å². The van der Waals surface area contributed by atoms with Crippen LogP contribution in [0.4, 0.5) is 4.39 Å². The molecule has 2 N–H and O–H groups in total. The van der Waals surface area contributed by atoms with Crippen molar-refractivity contribution in [2.75, 3.05) is 0 Å². The van der Waals surface area contributed by atoms with Crippen LogP contribution in [0.1, 0.15) is 23.6 Å². The molecular formula is C17H20FNO. The van der Waals surface area contributed by atoms with E-state index in [0.717, 1.165) is 28.9 Å². The second-order valence-electron chi connectivity index (χ2n) is 5.19. The van der Waals surface area contributed by atoms with Crippen molar-refractivity contribution in [2.24, 2.45) is 5.73 Å². The number of rotatable bonds is 5. The second-order valence-corrected chi connectivity index (χ2v) is 5.19. The molecule has 0 radical (unpaired) electrons. The summed E-state index contributed by atoms with van der Waals surface area (Å²) in [5, 5.41) is 0. The van der Waals surface area contributed by atoms with Gasteiger partial charge < -0.3 is 10.5 Å². The molecule has 1 atom stereocenters. The average Bonchev–Trinajstić information content (AvgIpc) is 2.37. The molecule has 0 aromatic heterocycles. The molecule has 0 aliphatic rings. The Morgan fingerprint density at radius 1 is 1.20 bits per heavy atom. The third-order valence-corrected chi connectivity index (χ3v) is 3.16. The zero-order valence-corrected chi connectivity index (χ0v) is 11.9. The lowest BCUT2D eigenvalue weighted by molar-refractivity contribution is 0.305. The number of nitrogens with two attached hydrogens (primary N) is 1. The first-order valence-corrected chi connectivity index (χ1v) is 6.77. The SMILES string of the molecule is Cc1cc(F)ccc1COc1cccc(CC(C)N)c1. The largest absolute Gasteiger partial charge is 0.489 e. The van der Waals surface area contributed by atoms with Crippen molar-refractivity contribution in [3.05, 3.63) is 65.0 Å². The summed E-state index contributed by atoms with van der Waals surface area (Å²) in [6.45, 7) is 4.30. The number of halogens is 1. The Bertz CT molecular complexity index is 581. The Labute approximate surface area is 119 Å². The van der Waals surface area contributed by atoms with Crippen molar-refractivity contribution < 1.29 is 9.13 Å². The van der Waals surface area contributed by atoms with Gasteiger partial charge in [-0.1, -0.05) is 18.2 Å². The van der Waals surface area contributed by atoms with Crippen LogP contribution in [-0.2, 0) is 13.0 Å². The van der Waals surface area contributed by atoms with Crippen LogP contribution in [0.25, 0.3) is 0 Å². The molecule has 106 valence electrons. The van der Waals surface area contributed by atoms with Gasteiger partial charge in [0.25, 0.3) is 0 Å². The summed E-state index contributed by atoms with van der Waals surface area (Å²) in [6.07, 6.45) is 0.826. The molecule has 1 unspecified atom stereocenters. The van der Waals surface area contributed by atoms with Crippen LogP contribution in [0.2, 0.25) is 0 Å². The fraction of sp³-hybridized carbons (Fsp3) is 0.294. The van der Waals surface area contributed by atoms with Crippen molar-refractivity contribution in [3.8, 4) is 5.75 Å². The van der Waals surface area contributed by atoms with Crippen LogP contribution in [0.3, 0.4) is 0 Å². The quantitative estimate of drug-likeness (QED) is 0.903. The molecule has 20 heavy (non-hydrogen) atoms. The molecule has 2 rings (SSSR count). The van der Waals surface area contributed by atoms with Gasteiger partial charge in [-0.2, -0.15) is 0 Å². The van der Waals surface area contributed by atoms with E-state index in [1.807, 2.05) is 38.1 Å². The van der Waals surface area contributed by atoms with Gasteiger partial charge in [0.15, 0.2) is 0 Å². The van der Waals surface area contributed by atoms with E-state index in [2.05, 4.69) is 0 Å². The summed E-state index contributed by atoms with van der Waals surface area (Å²) in [5.74, 6) is 0.594. The zero-order chi connectivity index (χ0) is 14.5. The van der Waals surface area contributed by atoms with Crippen molar-refractivity contribution in [1.29, 1.82) is 0 Å². The van der Waals surface area contributed by atoms with Gasteiger partial charge in [-0.15, -0.1) is 0 Å². The van der Waals surface area contributed by atoms with E-state index in [-0.39, 0.29) is 11.9 Å². The lowest BCUT2D eigenvalue weighted by atomic mass is 10.1. The van der Waals surface area contributed by atoms with Crippen molar-refractivity contribution in [3.63, 3.8) is 0 Å². The highest BCUT2D eigenvalue weighted by Gasteiger charge is 2.03. The molecule has 0 saturated heterocycles. The van der Waals surface area contributed by atoms with Gasteiger partial charge in [0.05, 0.1) is 0 Å². The molecule has 3 heteroatoms. The third kappa shape index (κ3) is 4.07. The van der Waals surface area contributed by atoms with Crippen LogP contribution in [0.15, 0.2) is 42.5 Å². The first kappa shape index (κ1) is 14.5. The van der Waals surface area contributed by atoms with Crippen LogP contribution in [0.5, 0.6) is 5.75 Å². The molecule has 0 heterocycles. The van der Waals surface area contributed by atoms with Crippen LogP contribution in [0, 0.1) is 12.7 Å². The van der Waals surface area contributed by atoms with E-state index in [1.165, 1.54) is 12.1 Å². The minimum Gasteiger partial charge on any atom is -0.489 e. The number of hydrogen-bond acceptors (Lipinski definition) is 2. The molecule has 0 fully saturated rings. The Kier molecular flexibility index (Phi) is 4.74. The molecule has 2 aromatic carbocycles. The number of hydrogen-bond donors (Lipinski definition) is 1. The molecule has 2 nitrogen and oxygen atoms in total. The van der Waals surface area contributed by atoms with Crippen molar-refractivity contribution >= 4 is 0 Å². The highest BCUT2D eigenvalue weighted by molar-refractivity contribution is 5.30. The summed E-state index contributed by atoms with van der Waals surface area (Å²) in [5.41, 5.74) is 8.85. The average molecular weight is 273 g/mol. The summed E-state index contributed by atoms with van der Waals surface area (Å²) in [6, 6.07) is 12.8. The van der Waals surface area contributed by atoms with E-state index in [0.29, 0.717) is 6.61 Å². The maximum absolute atomic E-state index is 13.0. The van der Waals surface area contributed by atoms with E-state index in [1.54, 1.807) is 6.07 Å². The normalized spacial score (nSPS) is 12.2. The Balaban J connectivity index is 2.03. The molecule has 0 aliphatic heterocycles. The summed E-state index contributed by atoms with van der Waals surface area (Å²) < 4.78 is 18.8. The Morgan fingerprint density at radius 2 is 2.00 bits per heavy atom. The van der Waals surface area contributed by atoms with E-state index >= 15 is 0 Å². The first-order chi connectivity index (χ1) is 9.54. The maximum atomic E-state index is 13.0. The summed E-state index contributed by atoms with van der Waals surface area (Å²) in [7, 11) is 0. The van der Waals surface area contributed by atoms with Gasteiger partial charge in [-0.25, -0.2) is 4.39 Å². The fourth-order valence-electron chi connectivity index (χ4n) is 2.12. The Morgan fingerprint density at radius 3 is 2.70 bits per heavy atom. The van der Waals surface area contributed by atoms with Crippen molar-refractivity contribution in [2.45, 2.75) is 32.9 Å². The number of benzene rings is 2. The number of aryl methyl sites for hydroxylation is 1. The monoisotopic (exact) mass is 273 g/mol. The van der Waals surface area contributed by atoms with Gasteiger partial charge >= 0.3 is 0 Å². The summed E-state index contributed by atoms with van der Waals surface area (Å²) >= 11 is 0. The molecule has 0 amide bonds. The standard InChI is InChI=1S/C17H20FNO/c1-12-8-16(18)7-6-15(12)11-20-17-5-3-4-14(10-17)9-13(2)19/h3-8,10,13H,9,11,19H2,1-2H3. The smallest absolute Gasteiger partial charge is 0.123 e. The molecule has 0 saturated carbocycles. The van der Waals surface area contributed by atoms with Gasteiger partial charge in [-0.05, 0) is 61.2 Å². The molecule has 0 aliphatic carbocycles. The molecule has 0 bridgehead atoms. The predicted molar refractivity (Wildman–Crippen MR) is 79.3 cm³/mol. The minimum atomic E-state index is -0.217. The minimum absolute atomic E-state index is 0.129. The highest BCUT2D eigenvalue weighted by atomic mass is 19.1. The highest BCUT2D eigenvalue weighted by Crippen LogP contribution is 2.18. The van der Waals surface area contributed by atoms with E-state index in [4.69, 9.17) is 10.5 Å².